The molecular weight excluding hydrogens is 528 g/mol. The molecule has 37 heavy (non-hydrogen) atoms. The molecule has 1 aliphatic heterocycles. The molecule has 3 amide bonds. The predicted molar refractivity (Wildman–Crippen MR) is 137 cm³/mol. The van der Waals surface area contributed by atoms with Gasteiger partial charge in [-0.25, -0.2) is 4.39 Å². The Balaban J connectivity index is 1.47. The minimum absolute atomic E-state index is 0.00202. The van der Waals surface area contributed by atoms with Crippen LogP contribution in [-0.4, -0.2) is 57.2 Å². The lowest BCUT2D eigenvalue weighted by molar-refractivity contribution is -0.128. The van der Waals surface area contributed by atoms with Gasteiger partial charge in [0.2, 0.25) is 5.91 Å². The maximum absolute atomic E-state index is 13.5. The second-order valence-electron chi connectivity index (χ2n) is 8.02. The van der Waals surface area contributed by atoms with Gasteiger partial charge in [0.1, 0.15) is 17.3 Å². The Hall–Kier alpha value is -3.34. The minimum atomic E-state index is -0.948. The summed E-state index contributed by atoms with van der Waals surface area (Å²) < 4.78 is 29.5. The number of methoxy groups -OCH3 is 1. The zero-order chi connectivity index (χ0) is 26.9. The van der Waals surface area contributed by atoms with E-state index in [-0.39, 0.29) is 55.8 Å². The van der Waals surface area contributed by atoms with Crippen LogP contribution in [0.25, 0.3) is 0 Å². The monoisotopic (exact) mass is 553 g/mol. The zero-order valence-corrected chi connectivity index (χ0v) is 21.5. The standard InChI is InChI=1S/C25H26Cl2FN3O6/c1-15(30-23(32)14-36-17-4-5-18(27)19(28)12-17)7-9-29-25(34)22-13-31(24(33)8-10-35-2)20-11-16(26)3-6-21(20)37-22/h3-6,11-12,22H,1,7-10,13-14H2,2H3,(H,29,34)(H,30,32). The summed E-state index contributed by atoms with van der Waals surface area (Å²) in [4.78, 5) is 39.0. The number of hydrogen-bond donors (Lipinski definition) is 2. The average molecular weight is 554 g/mol. The van der Waals surface area contributed by atoms with E-state index >= 15 is 0 Å². The molecule has 0 saturated carbocycles. The number of benzene rings is 2. The summed E-state index contributed by atoms with van der Waals surface area (Å²) in [5, 5.41) is 5.65. The molecular formula is C25H26Cl2FN3O6. The predicted octanol–water partition coefficient (Wildman–Crippen LogP) is 3.48. The van der Waals surface area contributed by atoms with E-state index in [9.17, 15) is 18.8 Å². The summed E-state index contributed by atoms with van der Waals surface area (Å²) >= 11 is 11.7. The van der Waals surface area contributed by atoms with E-state index in [1.807, 2.05) is 0 Å². The second-order valence-corrected chi connectivity index (χ2v) is 8.87. The van der Waals surface area contributed by atoms with Crippen molar-refractivity contribution in [1.29, 1.82) is 0 Å². The van der Waals surface area contributed by atoms with Crippen molar-refractivity contribution in [2.24, 2.45) is 0 Å². The Kier molecular flexibility index (Phi) is 10.1. The zero-order valence-electron chi connectivity index (χ0n) is 20.0. The lowest BCUT2D eigenvalue weighted by Gasteiger charge is -2.34. The molecule has 0 fully saturated rings. The van der Waals surface area contributed by atoms with Crippen molar-refractivity contribution in [3.63, 3.8) is 0 Å². The lowest BCUT2D eigenvalue weighted by atomic mass is 10.1. The third-order valence-corrected chi connectivity index (χ3v) is 5.79. The number of rotatable bonds is 11. The van der Waals surface area contributed by atoms with Crippen molar-refractivity contribution in [1.82, 2.24) is 10.6 Å². The Morgan fingerprint density at radius 3 is 2.70 bits per heavy atom. The molecule has 9 nitrogen and oxygen atoms in total. The first-order chi connectivity index (χ1) is 17.7. The van der Waals surface area contributed by atoms with Crippen molar-refractivity contribution >= 4 is 46.6 Å². The van der Waals surface area contributed by atoms with Gasteiger partial charge < -0.3 is 29.7 Å². The summed E-state index contributed by atoms with van der Waals surface area (Å²) in [7, 11) is 1.50. The molecule has 3 rings (SSSR count). The van der Waals surface area contributed by atoms with E-state index in [1.165, 1.54) is 24.1 Å². The third-order valence-electron chi connectivity index (χ3n) is 5.25. The number of anilines is 1. The molecule has 0 radical (unpaired) electrons. The van der Waals surface area contributed by atoms with E-state index in [2.05, 4.69) is 17.2 Å². The number of ether oxygens (including phenoxy) is 3. The average Bonchev–Trinajstić information content (AvgIpc) is 2.87. The number of nitrogens with zero attached hydrogens (tertiary/aromatic N) is 1. The van der Waals surface area contributed by atoms with Crippen LogP contribution in [0.4, 0.5) is 10.1 Å². The molecule has 2 aromatic rings. The van der Waals surface area contributed by atoms with E-state index in [0.717, 1.165) is 6.07 Å². The summed E-state index contributed by atoms with van der Waals surface area (Å²) in [5.41, 5.74) is 0.828. The van der Waals surface area contributed by atoms with Crippen LogP contribution in [0.5, 0.6) is 11.5 Å². The Bertz CT molecular complexity index is 1180. The molecule has 2 aromatic carbocycles. The molecule has 0 saturated heterocycles. The smallest absolute Gasteiger partial charge is 0.262 e. The van der Waals surface area contributed by atoms with E-state index in [1.54, 1.807) is 18.2 Å². The molecule has 0 bridgehead atoms. The topological polar surface area (TPSA) is 106 Å². The first kappa shape index (κ1) is 28.2. The lowest BCUT2D eigenvalue weighted by Crippen LogP contribution is -2.51. The Labute approximate surface area is 223 Å². The quantitative estimate of drug-likeness (QED) is 0.441. The van der Waals surface area contributed by atoms with Gasteiger partial charge in [-0.1, -0.05) is 29.8 Å². The molecule has 0 aromatic heterocycles. The highest BCUT2D eigenvalue weighted by molar-refractivity contribution is 6.31. The van der Waals surface area contributed by atoms with E-state index in [0.29, 0.717) is 22.2 Å². The summed E-state index contributed by atoms with van der Waals surface area (Å²) in [6.07, 6.45) is -0.577. The molecule has 198 valence electrons. The fourth-order valence-corrected chi connectivity index (χ4v) is 3.70. The highest BCUT2D eigenvalue weighted by Crippen LogP contribution is 2.36. The van der Waals surface area contributed by atoms with Crippen LogP contribution in [0, 0.1) is 5.82 Å². The van der Waals surface area contributed by atoms with E-state index < -0.39 is 23.7 Å². The third kappa shape index (κ3) is 8.08. The molecule has 1 heterocycles. The number of amides is 3. The van der Waals surface area contributed by atoms with Gasteiger partial charge in [0.15, 0.2) is 12.7 Å². The normalized spacial score (nSPS) is 14.3. The van der Waals surface area contributed by atoms with Crippen LogP contribution in [0.3, 0.4) is 0 Å². The van der Waals surface area contributed by atoms with Gasteiger partial charge in [0.25, 0.3) is 11.8 Å². The molecule has 1 atom stereocenters. The van der Waals surface area contributed by atoms with Crippen LogP contribution in [0.1, 0.15) is 12.8 Å². The van der Waals surface area contributed by atoms with Gasteiger partial charge >= 0.3 is 0 Å². The van der Waals surface area contributed by atoms with Crippen molar-refractivity contribution < 1.29 is 33.0 Å². The molecule has 1 unspecified atom stereocenters. The first-order valence-electron chi connectivity index (χ1n) is 11.3. The van der Waals surface area contributed by atoms with Crippen molar-refractivity contribution in [3.05, 3.63) is 64.5 Å². The second kappa shape index (κ2) is 13.3. The number of hydrogen-bond acceptors (Lipinski definition) is 6. The van der Waals surface area contributed by atoms with Gasteiger partial charge in [-0.2, -0.15) is 0 Å². The maximum Gasteiger partial charge on any atom is 0.262 e. The van der Waals surface area contributed by atoms with Crippen molar-refractivity contribution in [2.75, 3.05) is 38.3 Å². The number of nitrogens with one attached hydrogen (secondary N) is 2. The highest BCUT2D eigenvalue weighted by atomic mass is 35.5. The van der Waals surface area contributed by atoms with Gasteiger partial charge in [0, 0.05) is 36.9 Å². The number of halogens is 3. The number of carbonyl (C=O) groups excluding carboxylic acids is 3. The van der Waals surface area contributed by atoms with Gasteiger partial charge in [0.05, 0.1) is 30.3 Å². The van der Waals surface area contributed by atoms with Crippen LogP contribution < -0.4 is 25.0 Å². The van der Waals surface area contributed by atoms with Crippen molar-refractivity contribution in [2.45, 2.75) is 18.9 Å². The summed E-state index contributed by atoms with van der Waals surface area (Å²) in [5.74, 6) is -1.30. The summed E-state index contributed by atoms with van der Waals surface area (Å²) in [6, 6.07) is 8.66. The fraction of sp³-hybridized carbons (Fsp3) is 0.320. The Morgan fingerprint density at radius 1 is 1.19 bits per heavy atom. The molecule has 0 spiro atoms. The van der Waals surface area contributed by atoms with Crippen LogP contribution in [0.15, 0.2) is 48.7 Å². The fourth-order valence-electron chi connectivity index (χ4n) is 3.41. The van der Waals surface area contributed by atoms with Crippen LogP contribution >= 0.6 is 23.2 Å². The van der Waals surface area contributed by atoms with Gasteiger partial charge in [-0.15, -0.1) is 0 Å². The Morgan fingerprint density at radius 2 is 1.97 bits per heavy atom. The highest BCUT2D eigenvalue weighted by Gasteiger charge is 2.33. The van der Waals surface area contributed by atoms with Crippen molar-refractivity contribution in [3.8, 4) is 11.5 Å². The van der Waals surface area contributed by atoms with Gasteiger partial charge in [-0.3, -0.25) is 14.4 Å². The molecule has 1 aliphatic rings. The molecule has 12 heteroatoms. The maximum atomic E-state index is 13.5. The first-order valence-corrected chi connectivity index (χ1v) is 12.0. The SMILES string of the molecule is C=C(CCNC(=O)C1CN(C(=O)CCOC)c2cc(Cl)ccc2O1)NC(=O)COc1ccc(Cl)c(F)c1. The number of carbonyl (C=O) groups is 3. The minimum Gasteiger partial charge on any atom is -0.484 e. The molecule has 2 N–H and O–H groups in total. The number of fused-ring (bicyclic) bond motifs is 1. The largest absolute Gasteiger partial charge is 0.484 e. The van der Waals surface area contributed by atoms with Gasteiger partial charge in [-0.05, 0) is 30.3 Å². The van der Waals surface area contributed by atoms with Crippen LogP contribution in [0.2, 0.25) is 10.0 Å². The van der Waals surface area contributed by atoms with Crippen LogP contribution in [-0.2, 0) is 19.1 Å². The van der Waals surface area contributed by atoms with E-state index in [4.69, 9.17) is 37.4 Å². The summed E-state index contributed by atoms with van der Waals surface area (Å²) in [6.45, 7) is 3.79. The molecule has 0 aliphatic carbocycles.